The van der Waals surface area contributed by atoms with Gasteiger partial charge in [-0.15, -0.1) is 6.58 Å². The molecule has 0 aliphatic heterocycles. The van der Waals surface area contributed by atoms with Crippen LogP contribution in [0.3, 0.4) is 0 Å². The number of allylic oxidation sites excluding steroid dienone is 2. The lowest BCUT2D eigenvalue weighted by Gasteiger charge is -2.22. The minimum Gasteiger partial charge on any atom is -0.103 e. The van der Waals surface area contributed by atoms with Gasteiger partial charge in [0, 0.05) is 0 Å². The summed E-state index contributed by atoms with van der Waals surface area (Å²) in [5.41, 5.74) is 1.57. The highest BCUT2D eigenvalue weighted by molar-refractivity contribution is 4.95. The second-order valence-corrected chi connectivity index (χ2v) is 4.48. The summed E-state index contributed by atoms with van der Waals surface area (Å²) in [5.74, 6) is 0.643. The molecule has 0 bridgehead atoms. The smallest absolute Gasteiger partial charge is 0.0177 e. The molecule has 12 heavy (non-hydrogen) atoms. The highest BCUT2D eigenvalue weighted by atomic mass is 14.2. The van der Waals surface area contributed by atoms with Crippen LogP contribution in [0.2, 0.25) is 0 Å². The fourth-order valence-electron chi connectivity index (χ4n) is 0.937. The van der Waals surface area contributed by atoms with Gasteiger partial charge < -0.3 is 0 Å². The van der Waals surface area contributed by atoms with E-state index in [0.717, 1.165) is 0 Å². The topological polar surface area (TPSA) is 0 Å². The van der Waals surface area contributed by atoms with Crippen LogP contribution in [0.5, 0.6) is 0 Å². The van der Waals surface area contributed by atoms with Gasteiger partial charge in [0.2, 0.25) is 0 Å². The summed E-state index contributed by atoms with van der Waals surface area (Å²) in [6.07, 6.45) is 4.46. The third-order valence-electron chi connectivity index (χ3n) is 2.62. The SMILES string of the molecule is C=CC(C)(C)CCC(C)C(=C)C. The van der Waals surface area contributed by atoms with Gasteiger partial charge in [-0.2, -0.15) is 0 Å². The fourth-order valence-corrected chi connectivity index (χ4v) is 0.937. The lowest BCUT2D eigenvalue weighted by Crippen LogP contribution is -2.09. The van der Waals surface area contributed by atoms with E-state index >= 15 is 0 Å². The van der Waals surface area contributed by atoms with E-state index in [1.807, 2.05) is 6.08 Å². The molecular formula is C12H22. The molecule has 0 N–H and O–H groups in total. The molecule has 1 atom stereocenters. The maximum absolute atomic E-state index is 3.96. The summed E-state index contributed by atoms with van der Waals surface area (Å²) in [6.45, 7) is 16.6. The molecule has 0 nitrogen and oxygen atoms in total. The first-order chi connectivity index (χ1) is 5.39. The van der Waals surface area contributed by atoms with Gasteiger partial charge in [-0.3, -0.25) is 0 Å². The Kier molecular flexibility index (Phi) is 4.30. The lowest BCUT2D eigenvalue weighted by atomic mass is 9.84. The van der Waals surface area contributed by atoms with Crippen LogP contribution in [0.1, 0.15) is 40.5 Å². The van der Waals surface area contributed by atoms with E-state index in [1.165, 1.54) is 18.4 Å². The highest BCUT2D eigenvalue weighted by Crippen LogP contribution is 2.27. The van der Waals surface area contributed by atoms with Crippen molar-refractivity contribution in [3.8, 4) is 0 Å². The van der Waals surface area contributed by atoms with Crippen LogP contribution < -0.4 is 0 Å². The van der Waals surface area contributed by atoms with E-state index < -0.39 is 0 Å². The van der Waals surface area contributed by atoms with Crippen molar-refractivity contribution in [2.24, 2.45) is 11.3 Å². The maximum Gasteiger partial charge on any atom is -0.0177 e. The molecular weight excluding hydrogens is 144 g/mol. The molecule has 0 saturated heterocycles. The van der Waals surface area contributed by atoms with Gasteiger partial charge in [-0.05, 0) is 31.1 Å². The second kappa shape index (κ2) is 4.49. The van der Waals surface area contributed by atoms with Gasteiger partial charge in [0.15, 0.2) is 0 Å². The van der Waals surface area contributed by atoms with Crippen molar-refractivity contribution in [3.05, 3.63) is 24.8 Å². The summed E-state index contributed by atoms with van der Waals surface area (Å²) in [5, 5.41) is 0. The Morgan fingerprint density at radius 2 is 2.00 bits per heavy atom. The molecule has 0 fully saturated rings. The van der Waals surface area contributed by atoms with Crippen molar-refractivity contribution in [2.75, 3.05) is 0 Å². The van der Waals surface area contributed by atoms with Crippen LogP contribution in [-0.4, -0.2) is 0 Å². The molecule has 0 aromatic carbocycles. The quantitative estimate of drug-likeness (QED) is 0.537. The van der Waals surface area contributed by atoms with Gasteiger partial charge >= 0.3 is 0 Å². The summed E-state index contributed by atoms with van der Waals surface area (Å²) < 4.78 is 0. The van der Waals surface area contributed by atoms with E-state index in [2.05, 4.69) is 40.9 Å². The molecule has 0 aromatic rings. The molecule has 0 aliphatic rings. The normalized spacial score (nSPS) is 14.0. The van der Waals surface area contributed by atoms with Crippen LogP contribution in [0, 0.1) is 11.3 Å². The molecule has 0 aliphatic carbocycles. The maximum atomic E-state index is 3.96. The molecule has 0 amide bonds. The molecule has 0 saturated carbocycles. The van der Waals surface area contributed by atoms with Gasteiger partial charge in [-0.1, -0.05) is 39.0 Å². The Labute approximate surface area is 77.4 Å². The third-order valence-corrected chi connectivity index (χ3v) is 2.62. The van der Waals surface area contributed by atoms with E-state index in [9.17, 15) is 0 Å². The van der Waals surface area contributed by atoms with Crippen molar-refractivity contribution in [1.82, 2.24) is 0 Å². The predicted molar refractivity (Wildman–Crippen MR) is 57.2 cm³/mol. The highest BCUT2D eigenvalue weighted by Gasteiger charge is 2.14. The van der Waals surface area contributed by atoms with Crippen LogP contribution in [-0.2, 0) is 0 Å². The molecule has 0 spiro atoms. The van der Waals surface area contributed by atoms with E-state index in [0.29, 0.717) is 5.92 Å². The Balaban J connectivity index is 3.83. The molecule has 0 rings (SSSR count). The first-order valence-corrected chi connectivity index (χ1v) is 4.68. The number of rotatable bonds is 5. The fraction of sp³-hybridized carbons (Fsp3) is 0.667. The monoisotopic (exact) mass is 166 g/mol. The summed E-state index contributed by atoms with van der Waals surface area (Å²) in [4.78, 5) is 0. The zero-order valence-corrected chi connectivity index (χ0v) is 8.98. The number of hydrogen-bond acceptors (Lipinski definition) is 0. The van der Waals surface area contributed by atoms with E-state index in [4.69, 9.17) is 0 Å². The minimum absolute atomic E-state index is 0.281. The first-order valence-electron chi connectivity index (χ1n) is 4.68. The molecule has 0 aromatic heterocycles. The summed E-state index contributed by atoms with van der Waals surface area (Å²) >= 11 is 0. The Bertz CT molecular complexity index is 163. The lowest BCUT2D eigenvalue weighted by molar-refractivity contribution is 0.391. The molecule has 0 radical (unpaired) electrons. The summed E-state index contributed by atoms with van der Waals surface area (Å²) in [6, 6.07) is 0. The third kappa shape index (κ3) is 4.38. The zero-order valence-electron chi connectivity index (χ0n) is 8.98. The van der Waals surface area contributed by atoms with Gasteiger partial charge in [0.05, 0.1) is 0 Å². The van der Waals surface area contributed by atoms with Gasteiger partial charge in [-0.25, -0.2) is 0 Å². The molecule has 0 heteroatoms. The Hall–Kier alpha value is -0.520. The van der Waals surface area contributed by atoms with Crippen molar-refractivity contribution >= 4 is 0 Å². The van der Waals surface area contributed by atoms with E-state index in [1.54, 1.807) is 0 Å². The largest absolute Gasteiger partial charge is 0.103 e. The van der Waals surface area contributed by atoms with Crippen LogP contribution in [0.25, 0.3) is 0 Å². The minimum atomic E-state index is 0.281. The zero-order chi connectivity index (χ0) is 9.78. The predicted octanol–water partition coefficient (Wildman–Crippen LogP) is 4.19. The first kappa shape index (κ1) is 11.5. The number of hydrogen-bond donors (Lipinski definition) is 0. The molecule has 0 heterocycles. The standard InChI is InChI=1S/C12H22/c1-7-12(5,6)9-8-11(4)10(2)3/h7,11H,1-2,8-9H2,3-6H3. The molecule has 70 valence electrons. The summed E-state index contributed by atoms with van der Waals surface area (Å²) in [7, 11) is 0. The van der Waals surface area contributed by atoms with Crippen molar-refractivity contribution < 1.29 is 0 Å². The van der Waals surface area contributed by atoms with Crippen molar-refractivity contribution in [2.45, 2.75) is 40.5 Å². The average molecular weight is 166 g/mol. The molecule has 1 unspecified atom stereocenters. The van der Waals surface area contributed by atoms with Crippen LogP contribution in [0.4, 0.5) is 0 Å². The van der Waals surface area contributed by atoms with Crippen molar-refractivity contribution in [1.29, 1.82) is 0 Å². The van der Waals surface area contributed by atoms with Crippen LogP contribution in [0.15, 0.2) is 24.8 Å². The van der Waals surface area contributed by atoms with Gasteiger partial charge in [0.25, 0.3) is 0 Å². The van der Waals surface area contributed by atoms with Crippen LogP contribution >= 0.6 is 0 Å². The van der Waals surface area contributed by atoms with Crippen molar-refractivity contribution in [3.63, 3.8) is 0 Å². The van der Waals surface area contributed by atoms with E-state index in [-0.39, 0.29) is 5.41 Å². The second-order valence-electron chi connectivity index (χ2n) is 4.48. The Morgan fingerprint density at radius 1 is 1.50 bits per heavy atom. The van der Waals surface area contributed by atoms with Gasteiger partial charge in [0.1, 0.15) is 0 Å². The average Bonchev–Trinajstić information content (AvgIpc) is 2.00. The Morgan fingerprint density at radius 3 is 2.33 bits per heavy atom.